The van der Waals surface area contributed by atoms with Crippen LogP contribution >= 0.6 is 0 Å². The molecule has 0 amide bonds. The number of ether oxygens (including phenoxy) is 1. The smallest absolute Gasteiger partial charge is 0.149 e. The first kappa shape index (κ1) is 12.8. The summed E-state index contributed by atoms with van der Waals surface area (Å²) >= 11 is 0. The Morgan fingerprint density at radius 1 is 1.10 bits per heavy atom. The molecule has 0 saturated carbocycles. The number of hydrogen-bond donors (Lipinski definition) is 1. The summed E-state index contributed by atoms with van der Waals surface area (Å²) in [5, 5.41) is 0. The molecule has 0 aliphatic heterocycles. The summed E-state index contributed by atoms with van der Waals surface area (Å²) in [5.41, 5.74) is 9.55. The van der Waals surface area contributed by atoms with Crippen molar-refractivity contribution in [3.05, 3.63) is 65.2 Å². The summed E-state index contributed by atoms with van der Waals surface area (Å²) in [5.74, 6) is 7.07. The number of hydrogen-bond acceptors (Lipinski definition) is 2. The van der Waals surface area contributed by atoms with Crippen molar-refractivity contribution in [2.75, 3.05) is 6.61 Å². The molecule has 1 aliphatic carbocycles. The average Bonchev–Trinajstić information content (AvgIpc) is 2.87. The molecule has 0 radical (unpaired) electrons. The minimum Gasteiger partial charge on any atom is -0.481 e. The molecule has 0 spiro atoms. The Morgan fingerprint density at radius 2 is 1.95 bits per heavy atom. The molecule has 0 bridgehead atoms. The molecule has 0 fully saturated rings. The van der Waals surface area contributed by atoms with Crippen molar-refractivity contribution in [1.82, 2.24) is 0 Å². The second kappa shape index (κ2) is 5.81. The van der Waals surface area contributed by atoms with Crippen molar-refractivity contribution in [2.24, 2.45) is 5.73 Å². The van der Waals surface area contributed by atoms with E-state index in [1.165, 1.54) is 11.1 Å². The van der Waals surface area contributed by atoms with Crippen LogP contribution in [-0.2, 0) is 6.42 Å². The van der Waals surface area contributed by atoms with E-state index >= 15 is 0 Å². The van der Waals surface area contributed by atoms with Crippen LogP contribution in [0.15, 0.2) is 48.5 Å². The van der Waals surface area contributed by atoms with Gasteiger partial charge in [-0.1, -0.05) is 42.2 Å². The summed E-state index contributed by atoms with van der Waals surface area (Å²) < 4.78 is 5.79. The van der Waals surface area contributed by atoms with Gasteiger partial charge in [-0.15, -0.1) is 0 Å². The SMILES string of the molecule is NC1CCc2c(OCC#Cc3ccccc3)cccc21. The third-order valence-corrected chi connectivity index (χ3v) is 3.58. The molecule has 2 aromatic carbocycles. The van der Waals surface area contributed by atoms with Crippen molar-refractivity contribution in [3.8, 4) is 17.6 Å². The topological polar surface area (TPSA) is 35.2 Å². The Bertz CT molecular complexity index is 652. The Kier molecular flexibility index (Phi) is 3.71. The van der Waals surface area contributed by atoms with Gasteiger partial charge in [0.1, 0.15) is 12.4 Å². The maximum Gasteiger partial charge on any atom is 0.149 e. The van der Waals surface area contributed by atoms with Crippen LogP contribution in [0.3, 0.4) is 0 Å². The molecule has 2 aromatic rings. The Hall–Kier alpha value is -2.24. The van der Waals surface area contributed by atoms with Crippen LogP contribution in [0.5, 0.6) is 5.75 Å². The highest BCUT2D eigenvalue weighted by atomic mass is 16.5. The van der Waals surface area contributed by atoms with Gasteiger partial charge in [-0.3, -0.25) is 0 Å². The van der Waals surface area contributed by atoms with Gasteiger partial charge in [0, 0.05) is 11.6 Å². The predicted molar refractivity (Wildman–Crippen MR) is 80.5 cm³/mol. The molecule has 1 unspecified atom stereocenters. The zero-order valence-corrected chi connectivity index (χ0v) is 11.3. The van der Waals surface area contributed by atoms with Crippen LogP contribution in [0.2, 0.25) is 0 Å². The van der Waals surface area contributed by atoms with E-state index in [4.69, 9.17) is 10.5 Å². The molecule has 20 heavy (non-hydrogen) atoms. The normalized spacial score (nSPS) is 16.1. The summed E-state index contributed by atoms with van der Waals surface area (Å²) in [7, 11) is 0. The molecule has 0 aromatic heterocycles. The van der Waals surface area contributed by atoms with Crippen molar-refractivity contribution in [2.45, 2.75) is 18.9 Å². The first-order valence-corrected chi connectivity index (χ1v) is 6.88. The maximum atomic E-state index is 6.06. The second-order valence-electron chi connectivity index (χ2n) is 4.93. The molecule has 2 N–H and O–H groups in total. The third kappa shape index (κ3) is 2.68. The van der Waals surface area contributed by atoms with Gasteiger partial charge in [0.2, 0.25) is 0 Å². The summed E-state index contributed by atoms with van der Waals surface area (Å²) in [6.07, 6.45) is 2.00. The quantitative estimate of drug-likeness (QED) is 0.845. The lowest BCUT2D eigenvalue weighted by molar-refractivity contribution is 0.366. The minimum absolute atomic E-state index is 0.156. The second-order valence-corrected chi connectivity index (χ2v) is 4.93. The van der Waals surface area contributed by atoms with Crippen LogP contribution in [0.25, 0.3) is 0 Å². The van der Waals surface area contributed by atoms with Crippen LogP contribution in [0.4, 0.5) is 0 Å². The Morgan fingerprint density at radius 3 is 2.80 bits per heavy atom. The van der Waals surface area contributed by atoms with Gasteiger partial charge in [0.15, 0.2) is 0 Å². The first-order chi connectivity index (χ1) is 9.84. The number of benzene rings is 2. The predicted octanol–water partition coefficient (Wildman–Crippen LogP) is 3.06. The lowest BCUT2D eigenvalue weighted by Gasteiger charge is -2.09. The van der Waals surface area contributed by atoms with Gasteiger partial charge >= 0.3 is 0 Å². The summed E-state index contributed by atoms with van der Waals surface area (Å²) in [6.45, 7) is 0.403. The molecular weight excluding hydrogens is 246 g/mol. The van der Waals surface area contributed by atoms with E-state index in [1.54, 1.807) is 0 Å². The van der Waals surface area contributed by atoms with Crippen LogP contribution in [0.1, 0.15) is 29.2 Å². The van der Waals surface area contributed by atoms with Crippen molar-refractivity contribution >= 4 is 0 Å². The van der Waals surface area contributed by atoms with Crippen molar-refractivity contribution in [3.63, 3.8) is 0 Å². The van der Waals surface area contributed by atoms with E-state index < -0.39 is 0 Å². The summed E-state index contributed by atoms with van der Waals surface area (Å²) in [4.78, 5) is 0. The van der Waals surface area contributed by atoms with E-state index in [2.05, 4.69) is 17.9 Å². The van der Waals surface area contributed by atoms with Gasteiger partial charge < -0.3 is 10.5 Å². The minimum atomic E-state index is 0.156. The molecule has 0 heterocycles. The lowest BCUT2D eigenvalue weighted by Crippen LogP contribution is -2.05. The summed E-state index contributed by atoms with van der Waals surface area (Å²) in [6, 6.07) is 16.2. The third-order valence-electron chi connectivity index (χ3n) is 3.58. The average molecular weight is 263 g/mol. The highest BCUT2D eigenvalue weighted by Crippen LogP contribution is 2.35. The van der Waals surface area contributed by atoms with E-state index in [0.29, 0.717) is 6.61 Å². The number of fused-ring (bicyclic) bond motifs is 1. The fraction of sp³-hybridized carbons (Fsp3) is 0.222. The Balaban J connectivity index is 1.67. The lowest BCUT2D eigenvalue weighted by atomic mass is 10.1. The highest BCUT2D eigenvalue weighted by Gasteiger charge is 2.21. The molecule has 100 valence electrons. The van der Waals surface area contributed by atoms with E-state index in [0.717, 1.165) is 24.2 Å². The molecule has 0 saturated heterocycles. The Labute approximate surface area is 119 Å². The highest BCUT2D eigenvalue weighted by molar-refractivity contribution is 5.45. The molecule has 2 heteroatoms. The largest absolute Gasteiger partial charge is 0.481 e. The fourth-order valence-corrected chi connectivity index (χ4v) is 2.56. The number of nitrogens with two attached hydrogens (primary N) is 1. The standard InChI is InChI=1S/C18H17NO/c19-17-12-11-16-15(17)9-4-10-18(16)20-13-5-8-14-6-2-1-3-7-14/h1-4,6-7,9-10,17H,11-13,19H2. The van der Waals surface area contributed by atoms with Crippen LogP contribution < -0.4 is 10.5 Å². The van der Waals surface area contributed by atoms with E-state index in [9.17, 15) is 0 Å². The van der Waals surface area contributed by atoms with Gasteiger partial charge in [0.05, 0.1) is 0 Å². The fourth-order valence-electron chi connectivity index (χ4n) is 2.56. The van der Waals surface area contributed by atoms with Crippen LogP contribution in [-0.4, -0.2) is 6.61 Å². The maximum absolute atomic E-state index is 6.06. The van der Waals surface area contributed by atoms with E-state index in [-0.39, 0.29) is 6.04 Å². The van der Waals surface area contributed by atoms with E-state index in [1.807, 2.05) is 42.5 Å². The molecule has 2 nitrogen and oxygen atoms in total. The zero-order valence-electron chi connectivity index (χ0n) is 11.3. The van der Waals surface area contributed by atoms with Gasteiger partial charge in [-0.2, -0.15) is 0 Å². The molecule has 3 rings (SSSR count). The first-order valence-electron chi connectivity index (χ1n) is 6.88. The molecule has 1 aliphatic rings. The van der Waals surface area contributed by atoms with Crippen molar-refractivity contribution in [1.29, 1.82) is 0 Å². The van der Waals surface area contributed by atoms with Gasteiger partial charge in [-0.25, -0.2) is 0 Å². The van der Waals surface area contributed by atoms with Crippen molar-refractivity contribution < 1.29 is 4.74 Å². The molecular formula is C18H17NO. The zero-order chi connectivity index (χ0) is 13.8. The molecule has 1 atom stereocenters. The van der Waals surface area contributed by atoms with Gasteiger partial charge in [-0.05, 0) is 42.2 Å². The van der Waals surface area contributed by atoms with Crippen LogP contribution in [0, 0.1) is 11.8 Å². The monoisotopic (exact) mass is 263 g/mol. The van der Waals surface area contributed by atoms with Gasteiger partial charge in [0.25, 0.3) is 0 Å². The number of rotatable bonds is 2.